The zero-order valence-corrected chi connectivity index (χ0v) is 15.3. The molecule has 0 radical (unpaired) electrons. The van der Waals surface area contributed by atoms with Crippen molar-refractivity contribution in [3.63, 3.8) is 0 Å². The van der Waals surface area contributed by atoms with Crippen LogP contribution in [0.25, 0.3) is 0 Å². The van der Waals surface area contributed by atoms with E-state index in [9.17, 15) is 9.59 Å². The molecule has 0 bridgehead atoms. The molecule has 2 fully saturated rings. The van der Waals surface area contributed by atoms with Crippen LogP contribution in [0.4, 0.5) is 10.5 Å². The highest BCUT2D eigenvalue weighted by Gasteiger charge is 2.38. The minimum Gasteiger partial charge on any atom is -0.351 e. The standard InChI is InChI=1S/C18H26N4O2.ClH/c1-11(12-6-8-14(9-7-12)21-18(19)24)20-17(23)16-10-13-4-2-3-5-15(13)22-16;/h6-9,11,13,15-16,22H,2-5,10H2,1H3,(H,20,23)(H3,19,21,24);1H. The predicted octanol–water partition coefficient (Wildman–Crippen LogP) is 2.70. The van der Waals surface area contributed by atoms with E-state index in [1.54, 1.807) is 12.1 Å². The summed E-state index contributed by atoms with van der Waals surface area (Å²) < 4.78 is 0. The van der Waals surface area contributed by atoms with E-state index in [0.717, 1.165) is 12.0 Å². The number of anilines is 1. The molecule has 2 aliphatic rings. The minimum absolute atomic E-state index is 0. The molecule has 6 nitrogen and oxygen atoms in total. The van der Waals surface area contributed by atoms with E-state index < -0.39 is 6.03 Å². The van der Waals surface area contributed by atoms with Crippen LogP contribution < -0.4 is 21.7 Å². The van der Waals surface area contributed by atoms with Crippen molar-refractivity contribution in [3.8, 4) is 0 Å². The summed E-state index contributed by atoms with van der Waals surface area (Å²) in [5.41, 5.74) is 6.73. The van der Waals surface area contributed by atoms with Crippen molar-refractivity contribution in [2.45, 2.75) is 57.2 Å². The molecule has 1 saturated carbocycles. The second-order valence-corrected chi connectivity index (χ2v) is 6.95. The lowest BCUT2D eigenvalue weighted by atomic mass is 9.85. The lowest BCUT2D eigenvalue weighted by molar-refractivity contribution is -0.123. The fraction of sp³-hybridized carbons (Fsp3) is 0.556. The molecule has 4 atom stereocenters. The lowest BCUT2D eigenvalue weighted by Gasteiger charge is -2.24. The van der Waals surface area contributed by atoms with Crippen LogP contribution in [-0.2, 0) is 4.79 Å². The highest BCUT2D eigenvalue weighted by molar-refractivity contribution is 5.87. The third-order valence-corrected chi connectivity index (χ3v) is 5.22. The van der Waals surface area contributed by atoms with Gasteiger partial charge in [-0.05, 0) is 49.8 Å². The van der Waals surface area contributed by atoms with Crippen molar-refractivity contribution in [1.82, 2.24) is 10.6 Å². The van der Waals surface area contributed by atoms with Gasteiger partial charge in [-0.1, -0.05) is 25.0 Å². The summed E-state index contributed by atoms with van der Waals surface area (Å²) in [6.45, 7) is 1.97. The third-order valence-electron chi connectivity index (χ3n) is 5.22. The first-order valence-electron chi connectivity index (χ1n) is 8.76. The van der Waals surface area contributed by atoms with E-state index in [-0.39, 0.29) is 30.4 Å². The van der Waals surface area contributed by atoms with E-state index in [0.29, 0.717) is 17.6 Å². The van der Waals surface area contributed by atoms with Gasteiger partial charge in [0.1, 0.15) is 0 Å². The Bertz CT molecular complexity index is 594. The van der Waals surface area contributed by atoms with Crippen molar-refractivity contribution in [2.75, 3.05) is 5.32 Å². The molecule has 1 aromatic rings. The van der Waals surface area contributed by atoms with E-state index in [1.807, 2.05) is 19.1 Å². The largest absolute Gasteiger partial charge is 0.351 e. The normalized spacial score (nSPS) is 26.0. The van der Waals surface area contributed by atoms with Gasteiger partial charge in [0.05, 0.1) is 12.1 Å². The number of nitrogens with two attached hydrogens (primary N) is 1. The lowest BCUT2D eigenvalue weighted by Crippen LogP contribution is -2.43. The number of hydrogen-bond acceptors (Lipinski definition) is 3. The fourth-order valence-corrected chi connectivity index (χ4v) is 3.92. The maximum absolute atomic E-state index is 12.5. The molecule has 4 unspecified atom stereocenters. The molecule has 1 aromatic carbocycles. The van der Waals surface area contributed by atoms with E-state index in [4.69, 9.17) is 5.73 Å². The molecule has 0 aromatic heterocycles. The van der Waals surface area contributed by atoms with Crippen LogP contribution in [0.2, 0.25) is 0 Å². The van der Waals surface area contributed by atoms with Crippen molar-refractivity contribution in [1.29, 1.82) is 0 Å². The Labute approximate surface area is 154 Å². The Kier molecular flexibility index (Phi) is 6.67. The highest BCUT2D eigenvalue weighted by Crippen LogP contribution is 2.33. The first-order chi connectivity index (χ1) is 11.5. The number of nitrogens with one attached hydrogen (secondary N) is 3. The summed E-state index contributed by atoms with van der Waals surface area (Å²) in [6, 6.07) is 7.12. The zero-order valence-electron chi connectivity index (χ0n) is 14.5. The second-order valence-electron chi connectivity index (χ2n) is 6.95. The number of urea groups is 1. The predicted molar refractivity (Wildman–Crippen MR) is 101 cm³/mol. The molecule has 1 aliphatic heterocycles. The maximum Gasteiger partial charge on any atom is 0.316 e. The van der Waals surface area contributed by atoms with E-state index in [2.05, 4.69) is 16.0 Å². The van der Waals surface area contributed by atoms with Crippen molar-refractivity contribution in [2.24, 2.45) is 11.7 Å². The Hall–Kier alpha value is -1.79. The molecular weight excluding hydrogens is 340 g/mol. The Balaban J connectivity index is 0.00000225. The van der Waals surface area contributed by atoms with Crippen LogP contribution in [0.15, 0.2) is 24.3 Å². The van der Waals surface area contributed by atoms with Crippen molar-refractivity contribution in [3.05, 3.63) is 29.8 Å². The molecule has 1 aliphatic carbocycles. The van der Waals surface area contributed by atoms with Gasteiger partial charge in [-0.15, -0.1) is 12.4 Å². The number of benzene rings is 1. The van der Waals surface area contributed by atoms with Crippen LogP contribution in [0.3, 0.4) is 0 Å². The van der Waals surface area contributed by atoms with Crippen molar-refractivity contribution >= 4 is 30.0 Å². The van der Waals surface area contributed by atoms with Gasteiger partial charge in [0, 0.05) is 11.7 Å². The first-order valence-corrected chi connectivity index (χ1v) is 8.76. The number of halogens is 1. The summed E-state index contributed by atoms with van der Waals surface area (Å²) >= 11 is 0. The number of primary amides is 1. The first kappa shape index (κ1) is 19.5. The van der Waals surface area contributed by atoms with Gasteiger partial charge in [-0.25, -0.2) is 4.79 Å². The summed E-state index contributed by atoms with van der Waals surface area (Å²) in [7, 11) is 0. The highest BCUT2D eigenvalue weighted by atomic mass is 35.5. The molecule has 3 rings (SSSR count). The summed E-state index contributed by atoms with van der Waals surface area (Å²) in [6.07, 6.45) is 5.94. The second kappa shape index (κ2) is 8.54. The van der Waals surface area contributed by atoms with Crippen LogP contribution >= 0.6 is 12.4 Å². The minimum atomic E-state index is -0.585. The monoisotopic (exact) mass is 366 g/mol. The Morgan fingerprint density at radius 2 is 1.88 bits per heavy atom. The topological polar surface area (TPSA) is 96.2 Å². The van der Waals surface area contributed by atoms with Crippen LogP contribution in [-0.4, -0.2) is 24.0 Å². The Morgan fingerprint density at radius 3 is 2.52 bits per heavy atom. The maximum atomic E-state index is 12.5. The molecular formula is C18H27ClN4O2. The van der Waals surface area contributed by atoms with E-state index >= 15 is 0 Å². The molecule has 3 amide bonds. The number of rotatable bonds is 4. The number of carbonyl (C=O) groups excluding carboxylic acids is 2. The fourth-order valence-electron chi connectivity index (χ4n) is 3.92. The number of amides is 3. The van der Waals surface area contributed by atoms with Gasteiger partial charge >= 0.3 is 6.03 Å². The third kappa shape index (κ3) is 4.86. The van der Waals surface area contributed by atoms with Crippen LogP contribution in [0.1, 0.15) is 50.6 Å². The quantitative estimate of drug-likeness (QED) is 0.659. The number of fused-ring (bicyclic) bond motifs is 1. The van der Waals surface area contributed by atoms with Crippen LogP contribution in [0.5, 0.6) is 0 Å². The van der Waals surface area contributed by atoms with Gasteiger partial charge in [-0.2, -0.15) is 0 Å². The van der Waals surface area contributed by atoms with Gasteiger partial charge in [0.2, 0.25) is 5.91 Å². The van der Waals surface area contributed by atoms with E-state index in [1.165, 1.54) is 25.7 Å². The molecule has 138 valence electrons. The van der Waals surface area contributed by atoms with Gasteiger partial charge in [0.25, 0.3) is 0 Å². The number of hydrogen-bond donors (Lipinski definition) is 4. The molecule has 0 spiro atoms. The van der Waals surface area contributed by atoms with Gasteiger partial charge < -0.3 is 21.7 Å². The summed E-state index contributed by atoms with van der Waals surface area (Å²) in [4.78, 5) is 23.4. The summed E-state index contributed by atoms with van der Waals surface area (Å²) in [5, 5.41) is 9.13. The van der Waals surface area contributed by atoms with Gasteiger partial charge in [-0.3, -0.25) is 4.79 Å². The molecule has 5 N–H and O–H groups in total. The average molecular weight is 367 g/mol. The van der Waals surface area contributed by atoms with Gasteiger partial charge in [0.15, 0.2) is 0 Å². The van der Waals surface area contributed by atoms with Crippen molar-refractivity contribution < 1.29 is 9.59 Å². The molecule has 1 heterocycles. The van der Waals surface area contributed by atoms with Crippen LogP contribution in [0, 0.1) is 5.92 Å². The molecule has 7 heteroatoms. The zero-order chi connectivity index (χ0) is 17.1. The smallest absolute Gasteiger partial charge is 0.316 e. The molecule has 1 saturated heterocycles. The SMILES string of the molecule is CC(NC(=O)C1CC2CCCCC2N1)c1ccc(NC(N)=O)cc1.Cl. The molecule has 25 heavy (non-hydrogen) atoms. The average Bonchev–Trinajstić information content (AvgIpc) is 2.99. The number of carbonyl (C=O) groups is 2. The Morgan fingerprint density at radius 1 is 1.20 bits per heavy atom. The summed E-state index contributed by atoms with van der Waals surface area (Å²) in [5.74, 6) is 0.736.